The third-order valence-corrected chi connectivity index (χ3v) is 3.18. The number of nitro benzene ring substituents is 1. The first kappa shape index (κ1) is 14.4. The topological polar surface area (TPSA) is 116 Å². The molecule has 2 aromatic rings. The molecule has 2 rings (SSSR count). The van der Waals surface area contributed by atoms with E-state index in [1.807, 2.05) is 0 Å². The molecule has 110 valence electrons. The molecule has 7 nitrogen and oxygen atoms in total. The van der Waals surface area contributed by atoms with Gasteiger partial charge in [-0.1, -0.05) is 6.07 Å². The first-order valence-electron chi connectivity index (χ1n) is 6.12. The minimum absolute atomic E-state index is 0.00206. The molecule has 0 unspecified atom stereocenters. The average molecular weight is 290 g/mol. The Balaban J connectivity index is 2.23. The third kappa shape index (κ3) is 2.81. The Morgan fingerprint density at radius 3 is 2.52 bits per heavy atom. The average Bonchev–Trinajstić information content (AvgIpc) is 2.45. The van der Waals surface area contributed by atoms with E-state index in [0.29, 0.717) is 16.8 Å². The van der Waals surface area contributed by atoms with Crippen LogP contribution in [0.4, 0.5) is 11.4 Å². The molecule has 21 heavy (non-hydrogen) atoms. The molecular formula is C14H14N2O5. The van der Waals surface area contributed by atoms with Crippen molar-refractivity contribution in [3.05, 3.63) is 51.6 Å². The maximum atomic E-state index is 10.9. The number of nitrogens with one attached hydrogen (secondary N) is 1. The van der Waals surface area contributed by atoms with Crippen LogP contribution in [0.3, 0.4) is 0 Å². The van der Waals surface area contributed by atoms with Gasteiger partial charge in [0, 0.05) is 29.4 Å². The van der Waals surface area contributed by atoms with Crippen LogP contribution in [0.1, 0.15) is 11.1 Å². The summed E-state index contributed by atoms with van der Waals surface area (Å²) in [6.07, 6.45) is 0. The van der Waals surface area contributed by atoms with Crippen LogP contribution in [-0.2, 0) is 6.54 Å². The third-order valence-electron chi connectivity index (χ3n) is 3.18. The summed E-state index contributed by atoms with van der Waals surface area (Å²) in [7, 11) is 0. The Bertz CT molecular complexity index is 700. The van der Waals surface area contributed by atoms with E-state index in [0.717, 1.165) is 0 Å². The minimum Gasteiger partial charge on any atom is -0.504 e. The first-order chi connectivity index (χ1) is 9.91. The van der Waals surface area contributed by atoms with Crippen LogP contribution in [0, 0.1) is 17.0 Å². The fourth-order valence-electron chi connectivity index (χ4n) is 1.96. The molecule has 0 aromatic heterocycles. The van der Waals surface area contributed by atoms with Crippen LogP contribution in [-0.4, -0.2) is 20.2 Å². The van der Waals surface area contributed by atoms with Gasteiger partial charge in [-0.2, -0.15) is 0 Å². The monoisotopic (exact) mass is 290 g/mol. The van der Waals surface area contributed by atoms with Crippen molar-refractivity contribution in [3.63, 3.8) is 0 Å². The maximum Gasteiger partial charge on any atom is 0.274 e. The van der Waals surface area contributed by atoms with E-state index in [-0.39, 0.29) is 12.2 Å². The summed E-state index contributed by atoms with van der Waals surface area (Å²) in [4.78, 5) is 10.4. The van der Waals surface area contributed by atoms with Crippen molar-refractivity contribution in [1.82, 2.24) is 0 Å². The van der Waals surface area contributed by atoms with Gasteiger partial charge in [-0.05, 0) is 25.1 Å². The van der Waals surface area contributed by atoms with Crippen molar-refractivity contribution in [2.75, 3.05) is 5.32 Å². The highest BCUT2D eigenvalue weighted by molar-refractivity contribution is 5.61. The SMILES string of the molecule is Cc1c(NCc2ccc(O)c(O)c2O)cccc1[N+](=O)[O-]. The number of hydrogen-bond donors (Lipinski definition) is 4. The second-order valence-electron chi connectivity index (χ2n) is 4.50. The Hall–Kier alpha value is -2.96. The molecular weight excluding hydrogens is 276 g/mol. The lowest BCUT2D eigenvalue weighted by Crippen LogP contribution is -2.03. The fraction of sp³-hybridized carbons (Fsp3) is 0.143. The predicted octanol–water partition coefficient (Wildman–Crippen LogP) is 2.63. The smallest absolute Gasteiger partial charge is 0.274 e. The van der Waals surface area contributed by atoms with Gasteiger partial charge in [0.1, 0.15) is 0 Å². The second kappa shape index (κ2) is 5.58. The Labute approximate surface area is 120 Å². The second-order valence-corrected chi connectivity index (χ2v) is 4.50. The van der Waals surface area contributed by atoms with Gasteiger partial charge in [0.05, 0.1) is 4.92 Å². The Morgan fingerprint density at radius 1 is 1.14 bits per heavy atom. The summed E-state index contributed by atoms with van der Waals surface area (Å²) in [5, 5.41) is 42.2. The Morgan fingerprint density at radius 2 is 1.86 bits per heavy atom. The number of rotatable bonds is 4. The molecule has 0 spiro atoms. The molecule has 2 aromatic carbocycles. The summed E-state index contributed by atoms with van der Waals surface area (Å²) in [5.74, 6) is -1.43. The van der Waals surface area contributed by atoms with E-state index in [9.17, 15) is 25.4 Å². The quantitative estimate of drug-likeness (QED) is 0.391. The zero-order valence-corrected chi connectivity index (χ0v) is 11.2. The van der Waals surface area contributed by atoms with E-state index in [1.54, 1.807) is 19.1 Å². The van der Waals surface area contributed by atoms with Gasteiger partial charge < -0.3 is 20.6 Å². The molecule has 0 heterocycles. The highest BCUT2D eigenvalue weighted by Gasteiger charge is 2.14. The highest BCUT2D eigenvalue weighted by atomic mass is 16.6. The molecule has 0 amide bonds. The number of phenols is 3. The number of aromatic hydroxyl groups is 3. The number of phenolic OH excluding ortho intramolecular Hbond substituents is 3. The van der Waals surface area contributed by atoms with Crippen LogP contribution >= 0.6 is 0 Å². The van der Waals surface area contributed by atoms with Gasteiger partial charge in [0.2, 0.25) is 5.75 Å². The van der Waals surface area contributed by atoms with Crippen molar-refractivity contribution in [3.8, 4) is 17.2 Å². The summed E-state index contributed by atoms with van der Waals surface area (Å²) in [6.45, 7) is 1.76. The van der Waals surface area contributed by atoms with Crippen LogP contribution in [0.5, 0.6) is 17.2 Å². The van der Waals surface area contributed by atoms with Gasteiger partial charge in [0.25, 0.3) is 5.69 Å². The summed E-state index contributed by atoms with van der Waals surface area (Å²) in [6, 6.07) is 7.35. The maximum absolute atomic E-state index is 10.9. The minimum atomic E-state index is -0.593. The fourth-order valence-corrected chi connectivity index (χ4v) is 1.96. The molecule has 0 bridgehead atoms. The van der Waals surface area contributed by atoms with Crippen LogP contribution in [0.15, 0.2) is 30.3 Å². The lowest BCUT2D eigenvalue weighted by molar-refractivity contribution is -0.385. The molecule has 0 saturated heterocycles. The zero-order chi connectivity index (χ0) is 15.6. The number of nitrogens with zero attached hydrogens (tertiary/aromatic N) is 1. The molecule has 0 aliphatic heterocycles. The van der Waals surface area contributed by atoms with Crippen LogP contribution in [0.25, 0.3) is 0 Å². The van der Waals surface area contributed by atoms with Crippen molar-refractivity contribution in [2.45, 2.75) is 13.5 Å². The van der Waals surface area contributed by atoms with E-state index < -0.39 is 22.2 Å². The van der Waals surface area contributed by atoms with Gasteiger partial charge in [-0.15, -0.1) is 0 Å². The van der Waals surface area contributed by atoms with Crippen molar-refractivity contribution >= 4 is 11.4 Å². The molecule has 0 fully saturated rings. The summed E-state index contributed by atoms with van der Waals surface area (Å²) < 4.78 is 0. The molecule has 0 radical (unpaired) electrons. The summed E-state index contributed by atoms with van der Waals surface area (Å²) >= 11 is 0. The lowest BCUT2D eigenvalue weighted by atomic mass is 10.1. The van der Waals surface area contributed by atoms with E-state index in [2.05, 4.69) is 5.32 Å². The van der Waals surface area contributed by atoms with E-state index in [1.165, 1.54) is 18.2 Å². The molecule has 4 N–H and O–H groups in total. The van der Waals surface area contributed by atoms with Gasteiger partial charge >= 0.3 is 0 Å². The van der Waals surface area contributed by atoms with Crippen molar-refractivity contribution < 1.29 is 20.2 Å². The van der Waals surface area contributed by atoms with Crippen molar-refractivity contribution in [2.24, 2.45) is 0 Å². The number of hydrogen-bond acceptors (Lipinski definition) is 6. The van der Waals surface area contributed by atoms with E-state index >= 15 is 0 Å². The number of benzene rings is 2. The summed E-state index contributed by atoms with van der Waals surface area (Å²) in [5.41, 5.74) is 1.38. The van der Waals surface area contributed by atoms with Gasteiger partial charge in [0.15, 0.2) is 11.5 Å². The van der Waals surface area contributed by atoms with Crippen LogP contribution < -0.4 is 5.32 Å². The molecule has 0 aliphatic rings. The van der Waals surface area contributed by atoms with E-state index in [4.69, 9.17) is 0 Å². The Kier molecular flexibility index (Phi) is 3.84. The molecule has 0 aliphatic carbocycles. The lowest BCUT2D eigenvalue weighted by Gasteiger charge is -2.12. The number of anilines is 1. The van der Waals surface area contributed by atoms with Crippen molar-refractivity contribution in [1.29, 1.82) is 0 Å². The largest absolute Gasteiger partial charge is 0.504 e. The number of nitro groups is 1. The highest BCUT2D eigenvalue weighted by Crippen LogP contribution is 2.37. The standard InChI is InChI=1S/C14H14N2O5/c1-8-10(3-2-4-11(8)16(20)21)15-7-9-5-6-12(17)14(19)13(9)18/h2-6,15,17-19H,7H2,1H3. The molecule has 0 saturated carbocycles. The first-order valence-corrected chi connectivity index (χ1v) is 6.12. The van der Waals surface area contributed by atoms with Crippen LogP contribution in [0.2, 0.25) is 0 Å². The predicted molar refractivity (Wildman–Crippen MR) is 76.6 cm³/mol. The zero-order valence-electron chi connectivity index (χ0n) is 11.2. The molecule has 0 atom stereocenters. The normalized spacial score (nSPS) is 10.3. The molecule has 7 heteroatoms. The van der Waals surface area contributed by atoms with Gasteiger partial charge in [-0.3, -0.25) is 10.1 Å². The van der Waals surface area contributed by atoms with Gasteiger partial charge in [-0.25, -0.2) is 0 Å².